The van der Waals surface area contributed by atoms with Crippen molar-refractivity contribution in [2.45, 2.75) is 83.3 Å². The lowest BCUT2D eigenvalue weighted by Gasteiger charge is -2.64. The fourth-order valence-electron chi connectivity index (χ4n) is 7.70. The van der Waals surface area contributed by atoms with Crippen LogP contribution in [-0.2, 0) is 4.79 Å². The Morgan fingerprint density at radius 3 is 2.46 bits per heavy atom. The van der Waals surface area contributed by atoms with Crippen LogP contribution in [0.5, 0.6) is 0 Å². The average Bonchev–Trinajstić information content (AvgIpc) is 2.80. The summed E-state index contributed by atoms with van der Waals surface area (Å²) in [5.41, 5.74) is 6.80. The van der Waals surface area contributed by atoms with Crippen molar-refractivity contribution < 1.29 is 15.0 Å². The molecule has 0 aromatic carbocycles. The van der Waals surface area contributed by atoms with Crippen LogP contribution in [0.25, 0.3) is 0 Å². The molecule has 136 valence electrons. The summed E-state index contributed by atoms with van der Waals surface area (Å²) in [5.74, 6) is 0.754. The van der Waals surface area contributed by atoms with Crippen LogP contribution in [0.1, 0.15) is 71.6 Å². The summed E-state index contributed by atoms with van der Waals surface area (Å²) in [6, 6.07) is 0. The fourth-order valence-corrected chi connectivity index (χ4v) is 7.70. The molecule has 4 rings (SSSR count). The number of carboxylic acids is 1. The van der Waals surface area contributed by atoms with Crippen LogP contribution in [0.3, 0.4) is 0 Å². The Hall–Kier alpha value is -0.610. The summed E-state index contributed by atoms with van der Waals surface area (Å²) >= 11 is 0. The lowest BCUT2D eigenvalue weighted by Crippen LogP contribution is -2.66. The fraction of sp³-hybridized carbons (Fsp3) is 0.950. The molecule has 4 aliphatic rings. The number of hydrogen-bond acceptors (Lipinski definition) is 3. The Bertz CT molecular complexity index is 551. The van der Waals surface area contributed by atoms with Gasteiger partial charge in [0.25, 0.3) is 0 Å². The minimum absolute atomic E-state index is 0.122. The van der Waals surface area contributed by atoms with E-state index in [9.17, 15) is 15.0 Å². The zero-order valence-corrected chi connectivity index (χ0v) is 15.1. The molecule has 0 bridgehead atoms. The maximum absolute atomic E-state index is 11.8. The van der Waals surface area contributed by atoms with Crippen molar-refractivity contribution in [3.05, 3.63) is 0 Å². The number of nitrogens with two attached hydrogens (primary N) is 1. The highest BCUT2D eigenvalue weighted by molar-refractivity contribution is 5.72. The third kappa shape index (κ3) is 1.96. The minimum Gasteiger partial charge on any atom is -0.481 e. The van der Waals surface area contributed by atoms with Gasteiger partial charge < -0.3 is 15.9 Å². The summed E-state index contributed by atoms with van der Waals surface area (Å²) in [4.78, 5) is 11.8. The first-order valence-electron chi connectivity index (χ1n) is 9.92. The number of aliphatic hydroxyl groups excluding tert-OH is 1. The second-order valence-electron chi connectivity index (χ2n) is 9.85. The largest absolute Gasteiger partial charge is 0.481 e. The smallest absolute Gasteiger partial charge is 0.307 e. The van der Waals surface area contributed by atoms with Gasteiger partial charge in [0.1, 0.15) is 0 Å². The molecule has 0 aromatic heterocycles. The molecule has 0 saturated heterocycles. The highest BCUT2D eigenvalue weighted by atomic mass is 16.4. The van der Waals surface area contributed by atoms with E-state index in [1.165, 1.54) is 0 Å². The van der Waals surface area contributed by atoms with E-state index in [4.69, 9.17) is 5.73 Å². The monoisotopic (exact) mass is 335 g/mol. The van der Waals surface area contributed by atoms with Gasteiger partial charge >= 0.3 is 5.97 Å². The van der Waals surface area contributed by atoms with E-state index in [1.54, 1.807) is 0 Å². The number of rotatable bonds is 1. The summed E-state index contributed by atoms with van der Waals surface area (Å²) in [6.45, 7) is 4.60. The predicted octanol–water partition coefficient (Wildman–Crippen LogP) is 3.17. The standard InChI is InChI=1S/C20H33NO3/c1-18-8-5-13(22)11-12(18)3-4-15-14(18)6-9-19(2)16(17(23)24)7-10-20(15,19)21/h12-16,22H,3-11,21H2,1-2H3,(H,23,24)/t12-,13+,14+,15-,16-,18+,19-,20+/m1/s1. The summed E-state index contributed by atoms with van der Waals surface area (Å²) in [5, 5.41) is 19.8. The number of carboxylic acid groups (broad SMARTS) is 1. The van der Waals surface area contributed by atoms with Crippen molar-refractivity contribution in [3.8, 4) is 0 Å². The predicted molar refractivity (Wildman–Crippen MR) is 92.3 cm³/mol. The Kier molecular flexibility index (Phi) is 3.65. The Labute approximate surface area is 145 Å². The van der Waals surface area contributed by atoms with Gasteiger partial charge in [-0.1, -0.05) is 13.8 Å². The number of aliphatic carboxylic acids is 1. The van der Waals surface area contributed by atoms with Gasteiger partial charge in [-0.3, -0.25) is 4.79 Å². The van der Waals surface area contributed by atoms with E-state index in [0.29, 0.717) is 17.8 Å². The first-order chi connectivity index (χ1) is 11.2. The molecule has 8 atom stereocenters. The van der Waals surface area contributed by atoms with Crippen molar-refractivity contribution in [2.24, 2.45) is 40.2 Å². The number of fused-ring (bicyclic) bond motifs is 5. The van der Waals surface area contributed by atoms with E-state index in [1.807, 2.05) is 0 Å². The van der Waals surface area contributed by atoms with Crippen LogP contribution < -0.4 is 5.73 Å². The minimum atomic E-state index is -0.649. The summed E-state index contributed by atoms with van der Waals surface area (Å²) in [7, 11) is 0. The lowest BCUT2D eigenvalue weighted by atomic mass is 9.42. The SMILES string of the molecule is C[C@]12CC[C@H](O)C[C@H]1CC[C@@H]1[C@@H]2CC[C@]2(C)[C@@H](C(=O)O)CC[C@]12N. The summed E-state index contributed by atoms with van der Waals surface area (Å²) in [6.07, 6.45) is 8.81. The Morgan fingerprint density at radius 1 is 1.00 bits per heavy atom. The van der Waals surface area contributed by atoms with Crippen LogP contribution in [-0.4, -0.2) is 27.8 Å². The number of hydrogen-bond donors (Lipinski definition) is 3. The van der Waals surface area contributed by atoms with Gasteiger partial charge in [0.05, 0.1) is 12.0 Å². The molecule has 0 radical (unpaired) electrons. The molecule has 4 nitrogen and oxygen atoms in total. The molecule has 4 aliphatic carbocycles. The van der Waals surface area contributed by atoms with Gasteiger partial charge in [0.15, 0.2) is 0 Å². The Morgan fingerprint density at radius 2 is 1.75 bits per heavy atom. The van der Waals surface area contributed by atoms with E-state index < -0.39 is 5.97 Å². The highest BCUT2D eigenvalue weighted by Gasteiger charge is 2.67. The molecule has 0 aliphatic heterocycles. The van der Waals surface area contributed by atoms with E-state index >= 15 is 0 Å². The van der Waals surface area contributed by atoms with Gasteiger partial charge in [0.2, 0.25) is 0 Å². The van der Waals surface area contributed by atoms with E-state index in [2.05, 4.69) is 13.8 Å². The average molecular weight is 335 g/mol. The molecule has 0 unspecified atom stereocenters. The van der Waals surface area contributed by atoms with Crippen LogP contribution >= 0.6 is 0 Å². The van der Waals surface area contributed by atoms with E-state index in [-0.39, 0.29) is 28.4 Å². The van der Waals surface area contributed by atoms with Crippen molar-refractivity contribution >= 4 is 5.97 Å². The van der Waals surface area contributed by atoms with Gasteiger partial charge in [-0.05, 0) is 86.4 Å². The third-order valence-electron chi connectivity index (χ3n) is 9.28. The maximum Gasteiger partial charge on any atom is 0.307 e. The zero-order valence-electron chi connectivity index (χ0n) is 15.1. The molecule has 0 spiro atoms. The van der Waals surface area contributed by atoms with Gasteiger partial charge in [-0.15, -0.1) is 0 Å². The summed E-state index contributed by atoms with van der Waals surface area (Å²) < 4.78 is 0. The molecule has 24 heavy (non-hydrogen) atoms. The Balaban J connectivity index is 1.68. The van der Waals surface area contributed by atoms with Crippen LogP contribution in [0, 0.1) is 34.5 Å². The topological polar surface area (TPSA) is 83.5 Å². The molecule has 0 amide bonds. The first-order valence-corrected chi connectivity index (χ1v) is 9.92. The van der Waals surface area contributed by atoms with E-state index in [0.717, 1.165) is 57.8 Å². The maximum atomic E-state index is 11.8. The third-order valence-corrected chi connectivity index (χ3v) is 9.28. The molecular weight excluding hydrogens is 302 g/mol. The van der Waals surface area contributed by atoms with Crippen LogP contribution in [0.4, 0.5) is 0 Å². The van der Waals surface area contributed by atoms with Crippen molar-refractivity contribution in [1.82, 2.24) is 0 Å². The van der Waals surface area contributed by atoms with Crippen LogP contribution in [0.15, 0.2) is 0 Å². The lowest BCUT2D eigenvalue weighted by molar-refractivity contribution is -0.157. The number of aliphatic hydroxyl groups is 1. The molecular formula is C20H33NO3. The second-order valence-corrected chi connectivity index (χ2v) is 9.85. The molecule has 4 N–H and O–H groups in total. The highest BCUT2D eigenvalue weighted by Crippen LogP contribution is 2.68. The van der Waals surface area contributed by atoms with Gasteiger partial charge in [-0.2, -0.15) is 0 Å². The molecule has 4 heteroatoms. The molecule has 0 heterocycles. The quantitative estimate of drug-likeness (QED) is 0.687. The van der Waals surface area contributed by atoms with Crippen LogP contribution in [0.2, 0.25) is 0 Å². The molecule has 0 aromatic rings. The van der Waals surface area contributed by atoms with Crippen molar-refractivity contribution in [1.29, 1.82) is 0 Å². The molecule has 4 saturated carbocycles. The first kappa shape index (κ1) is 16.8. The normalized spacial score (nSPS) is 56.9. The van der Waals surface area contributed by atoms with Crippen molar-refractivity contribution in [3.63, 3.8) is 0 Å². The zero-order chi connectivity index (χ0) is 17.3. The second kappa shape index (κ2) is 5.20. The number of carbonyl (C=O) groups is 1. The molecule has 4 fully saturated rings. The van der Waals surface area contributed by atoms with Gasteiger partial charge in [-0.25, -0.2) is 0 Å². The van der Waals surface area contributed by atoms with Crippen molar-refractivity contribution in [2.75, 3.05) is 0 Å². The van der Waals surface area contributed by atoms with Gasteiger partial charge in [0, 0.05) is 5.54 Å².